The second-order valence-electron chi connectivity index (χ2n) is 8.70. The highest BCUT2D eigenvalue weighted by Crippen LogP contribution is 2.35. The highest BCUT2D eigenvalue weighted by atomic mass is 19.1. The van der Waals surface area contributed by atoms with Gasteiger partial charge in [-0.1, -0.05) is 0 Å². The van der Waals surface area contributed by atoms with Gasteiger partial charge in [0.1, 0.15) is 11.4 Å². The van der Waals surface area contributed by atoms with Gasteiger partial charge in [-0.05, 0) is 61.9 Å². The fourth-order valence-electron chi connectivity index (χ4n) is 4.37. The number of amides is 1. The van der Waals surface area contributed by atoms with Crippen molar-refractivity contribution in [3.63, 3.8) is 0 Å². The van der Waals surface area contributed by atoms with Gasteiger partial charge in [0.15, 0.2) is 5.82 Å². The minimum atomic E-state index is -0.638. The lowest BCUT2D eigenvalue weighted by Gasteiger charge is -2.41. The molecule has 3 aromatic rings. The Morgan fingerprint density at radius 1 is 1.26 bits per heavy atom. The number of likely N-dealkylation sites (tertiary alicyclic amines) is 1. The number of carbonyl (C=O) groups is 1. The number of primary amides is 1. The number of nitrogens with zero attached hydrogens (tertiary/aromatic N) is 4. The van der Waals surface area contributed by atoms with Gasteiger partial charge >= 0.3 is 0 Å². The third kappa shape index (κ3) is 4.96. The molecule has 0 unspecified atom stereocenters. The molecule has 1 aromatic carbocycles. The number of hydrogen-bond donors (Lipinski definition) is 3. The topological polar surface area (TPSA) is 113 Å². The third-order valence-electron chi connectivity index (χ3n) is 6.28. The predicted octanol–water partition coefficient (Wildman–Crippen LogP) is 3.74. The van der Waals surface area contributed by atoms with Gasteiger partial charge in [-0.15, -0.1) is 0 Å². The lowest BCUT2D eigenvalue weighted by molar-refractivity contribution is 0.0979. The maximum Gasteiger partial charge on any atom is 0.254 e. The number of nitrogens with one attached hydrogen (secondary N) is 2. The van der Waals surface area contributed by atoms with Crippen molar-refractivity contribution in [3.8, 4) is 0 Å². The molecule has 0 atom stereocenters. The summed E-state index contributed by atoms with van der Waals surface area (Å²) in [5.41, 5.74) is 7.32. The fraction of sp³-hybridized carbons (Fsp3) is 0.333. The number of hydrogen-bond acceptors (Lipinski definition) is 6. The molecule has 0 saturated carbocycles. The number of anilines is 2. The van der Waals surface area contributed by atoms with E-state index in [9.17, 15) is 13.6 Å². The van der Waals surface area contributed by atoms with Crippen molar-refractivity contribution in [2.24, 2.45) is 5.73 Å². The maximum absolute atomic E-state index is 14.1. The maximum atomic E-state index is 14.1. The molecule has 1 aliphatic heterocycles. The second kappa shape index (κ2) is 9.68. The predicted molar refractivity (Wildman–Crippen MR) is 125 cm³/mol. The van der Waals surface area contributed by atoms with Gasteiger partial charge in [0.2, 0.25) is 5.95 Å². The monoisotopic (exact) mass is 467 g/mol. The first kappa shape index (κ1) is 23.5. The first-order chi connectivity index (χ1) is 16.3. The van der Waals surface area contributed by atoms with E-state index in [1.54, 1.807) is 23.0 Å². The minimum absolute atomic E-state index is 0.212. The quantitative estimate of drug-likeness (QED) is 0.345. The van der Waals surface area contributed by atoms with Crippen molar-refractivity contribution in [1.29, 1.82) is 5.41 Å². The molecule has 0 radical (unpaired) electrons. The van der Waals surface area contributed by atoms with E-state index in [1.165, 1.54) is 24.5 Å². The minimum Gasteiger partial charge on any atom is -0.365 e. The van der Waals surface area contributed by atoms with Gasteiger partial charge in [-0.3, -0.25) is 14.4 Å². The lowest BCUT2D eigenvalue weighted by atomic mass is 9.84. The lowest BCUT2D eigenvalue weighted by Crippen LogP contribution is -2.46. The summed E-state index contributed by atoms with van der Waals surface area (Å²) in [5.74, 6) is -1.19. The number of halogens is 2. The van der Waals surface area contributed by atoms with Gasteiger partial charge in [0, 0.05) is 49.7 Å². The zero-order valence-electron chi connectivity index (χ0n) is 18.9. The van der Waals surface area contributed by atoms with Crippen LogP contribution in [0.1, 0.15) is 40.7 Å². The molecule has 1 aliphatic rings. The average molecular weight is 468 g/mol. The molecule has 10 heteroatoms. The van der Waals surface area contributed by atoms with Crippen LogP contribution in [-0.4, -0.2) is 44.9 Å². The summed E-state index contributed by atoms with van der Waals surface area (Å²) >= 11 is 0. The Morgan fingerprint density at radius 2 is 1.97 bits per heavy atom. The van der Waals surface area contributed by atoms with E-state index < -0.39 is 17.4 Å². The van der Waals surface area contributed by atoms with Gasteiger partial charge in [-0.2, -0.15) is 9.49 Å². The molecule has 8 nitrogen and oxygen atoms in total. The summed E-state index contributed by atoms with van der Waals surface area (Å²) in [6.45, 7) is 3.65. The summed E-state index contributed by atoms with van der Waals surface area (Å²) in [7, 11) is 0. The number of aryl methyl sites for hydroxylation is 1. The Balaban J connectivity index is 1.56. The molecule has 2 aromatic heterocycles. The largest absolute Gasteiger partial charge is 0.365 e. The molecule has 1 saturated heterocycles. The normalized spacial score (nSPS) is 15.7. The third-order valence-corrected chi connectivity index (χ3v) is 6.28. The first-order valence-corrected chi connectivity index (χ1v) is 11.0. The molecular formula is C24H27F2N7O. The van der Waals surface area contributed by atoms with Gasteiger partial charge < -0.3 is 16.5 Å². The molecule has 1 fully saturated rings. The van der Waals surface area contributed by atoms with Crippen LogP contribution in [0.5, 0.6) is 0 Å². The molecule has 3 heterocycles. The summed E-state index contributed by atoms with van der Waals surface area (Å²) < 4.78 is 29.1. The number of pyridine rings is 1. The number of benzene rings is 1. The first-order valence-electron chi connectivity index (χ1n) is 11.0. The Hall–Kier alpha value is -3.66. The molecule has 4 rings (SSSR count). The summed E-state index contributed by atoms with van der Waals surface area (Å²) in [5, 5.41) is 15.4. The Kier molecular flexibility index (Phi) is 6.69. The summed E-state index contributed by atoms with van der Waals surface area (Å²) in [4.78, 5) is 18.1. The fourth-order valence-corrected chi connectivity index (χ4v) is 4.37. The van der Waals surface area contributed by atoms with Crippen molar-refractivity contribution >= 4 is 23.6 Å². The van der Waals surface area contributed by atoms with Crippen molar-refractivity contribution < 1.29 is 13.6 Å². The number of aromatic nitrogens is 3. The van der Waals surface area contributed by atoms with E-state index in [-0.39, 0.29) is 17.2 Å². The van der Waals surface area contributed by atoms with Gasteiger partial charge in [-0.25, -0.2) is 9.37 Å². The van der Waals surface area contributed by atoms with Crippen molar-refractivity contribution in [2.45, 2.75) is 38.3 Å². The molecule has 0 aliphatic carbocycles. The molecule has 178 valence electrons. The van der Waals surface area contributed by atoms with E-state index in [0.29, 0.717) is 50.1 Å². The second-order valence-corrected chi connectivity index (χ2v) is 8.70. The standard InChI is InChI=1S/C24H27F2N7O/c1-16-12-17(21(26)29-13-16)14-32-10-7-24(6-9-27,8-11-32)33-15-20(22(28)34)23(31-33)30-19-4-2-18(25)3-5-19/h2-5,9,12-13,15,27H,6-8,10-11,14H2,1H3,(H2,28,34)(H,30,31). The number of carbonyl (C=O) groups excluding carboxylic acids is 1. The number of piperidine rings is 1. The molecular weight excluding hydrogens is 440 g/mol. The molecule has 34 heavy (non-hydrogen) atoms. The highest BCUT2D eigenvalue weighted by molar-refractivity contribution is 5.98. The van der Waals surface area contributed by atoms with Crippen LogP contribution in [0, 0.1) is 24.1 Å². The van der Waals surface area contributed by atoms with Crippen molar-refractivity contribution in [1.82, 2.24) is 19.7 Å². The Bertz CT molecular complexity index is 1180. The van der Waals surface area contributed by atoms with Crippen molar-refractivity contribution in [3.05, 3.63) is 71.2 Å². The van der Waals surface area contributed by atoms with Crippen LogP contribution in [-0.2, 0) is 12.1 Å². The van der Waals surface area contributed by atoms with Crippen molar-refractivity contribution in [2.75, 3.05) is 18.4 Å². The van der Waals surface area contributed by atoms with E-state index in [2.05, 4.69) is 20.3 Å². The number of nitrogens with two attached hydrogens (primary N) is 1. The van der Waals surface area contributed by atoms with E-state index in [4.69, 9.17) is 11.1 Å². The van der Waals surface area contributed by atoms with Crippen LogP contribution >= 0.6 is 0 Å². The number of rotatable bonds is 8. The van der Waals surface area contributed by atoms with E-state index in [0.717, 1.165) is 5.56 Å². The van der Waals surface area contributed by atoms with Gasteiger partial charge in [0.05, 0.1) is 5.54 Å². The van der Waals surface area contributed by atoms with Crippen LogP contribution in [0.3, 0.4) is 0 Å². The summed E-state index contributed by atoms with van der Waals surface area (Å²) in [6.07, 6.45) is 6.20. The van der Waals surface area contributed by atoms with E-state index >= 15 is 0 Å². The highest BCUT2D eigenvalue weighted by Gasteiger charge is 2.37. The van der Waals surface area contributed by atoms with Crippen LogP contribution in [0.25, 0.3) is 0 Å². The Labute approximate surface area is 196 Å². The smallest absolute Gasteiger partial charge is 0.254 e. The van der Waals surface area contributed by atoms with Crippen LogP contribution < -0.4 is 11.1 Å². The zero-order valence-corrected chi connectivity index (χ0v) is 18.9. The Morgan fingerprint density at radius 3 is 2.62 bits per heavy atom. The molecule has 1 amide bonds. The van der Waals surface area contributed by atoms with E-state index in [1.807, 2.05) is 13.0 Å². The van der Waals surface area contributed by atoms with Gasteiger partial charge in [0.25, 0.3) is 5.91 Å². The average Bonchev–Trinajstić information content (AvgIpc) is 3.24. The van der Waals surface area contributed by atoms with Crippen LogP contribution in [0.15, 0.2) is 42.7 Å². The van der Waals surface area contributed by atoms with Crippen LogP contribution in [0.4, 0.5) is 20.3 Å². The SMILES string of the molecule is Cc1cnc(F)c(CN2CCC(CC=N)(n3cc(C(N)=O)c(Nc4ccc(F)cc4)n3)CC2)c1. The summed E-state index contributed by atoms with van der Waals surface area (Å²) in [6, 6.07) is 7.51. The molecule has 0 spiro atoms. The van der Waals surface area contributed by atoms with Crippen LogP contribution in [0.2, 0.25) is 0 Å². The zero-order chi connectivity index (χ0) is 24.3. The molecule has 4 N–H and O–H groups in total. The molecule has 0 bridgehead atoms.